The van der Waals surface area contributed by atoms with Crippen molar-refractivity contribution in [3.05, 3.63) is 35.9 Å². The van der Waals surface area contributed by atoms with Crippen molar-refractivity contribution < 1.29 is 19.1 Å². The Kier molecular flexibility index (Phi) is 6.08. The maximum absolute atomic E-state index is 12.2. The predicted molar refractivity (Wildman–Crippen MR) is 94.5 cm³/mol. The van der Waals surface area contributed by atoms with E-state index in [4.69, 9.17) is 9.47 Å². The average molecular weight is 345 g/mol. The van der Waals surface area contributed by atoms with Gasteiger partial charge in [-0.05, 0) is 43.6 Å². The van der Waals surface area contributed by atoms with Crippen molar-refractivity contribution in [2.45, 2.75) is 56.6 Å². The summed E-state index contributed by atoms with van der Waals surface area (Å²) in [7, 11) is 1.35. The molecule has 136 valence electrons. The number of hydrogen-bond acceptors (Lipinski definition) is 4. The Bertz CT molecular complexity index is 581. The number of piperidine rings is 1. The zero-order valence-corrected chi connectivity index (χ0v) is 14.9. The molecule has 1 unspecified atom stereocenters. The molecule has 2 fully saturated rings. The van der Waals surface area contributed by atoms with Gasteiger partial charge in [-0.2, -0.15) is 0 Å². The lowest BCUT2D eigenvalue weighted by atomic mass is 9.83. The number of amides is 1. The fraction of sp³-hybridized carbons (Fsp3) is 0.600. The molecule has 0 spiro atoms. The van der Waals surface area contributed by atoms with Crippen molar-refractivity contribution in [2.75, 3.05) is 20.3 Å². The molecule has 1 aromatic rings. The summed E-state index contributed by atoms with van der Waals surface area (Å²) in [6.45, 7) is 0.849. The maximum atomic E-state index is 12.2. The van der Waals surface area contributed by atoms with Crippen LogP contribution in [-0.4, -0.2) is 49.2 Å². The Hall–Kier alpha value is -1.88. The zero-order valence-electron chi connectivity index (χ0n) is 14.9. The van der Waals surface area contributed by atoms with Crippen LogP contribution in [-0.2, 0) is 14.3 Å². The minimum absolute atomic E-state index is 0.0784. The minimum Gasteiger partial charge on any atom is -0.453 e. The Morgan fingerprint density at radius 2 is 1.88 bits per heavy atom. The summed E-state index contributed by atoms with van der Waals surface area (Å²) >= 11 is 0. The van der Waals surface area contributed by atoms with E-state index < -0.39 is 12.1 Å². The van der Waals surface area contributed by atoms with Crippen LogP contribution in [0.1, 0.15) is 50.0 Å². The first-order chi connectivity index (χ1) is 12.2. The molecule has 1 aliphatic heterocycles. The number of methoxy groups -OCH3 is 1. The number of Topliss-reactive ketones (excluding diaryl/α,β-unsaturated/α-hetero) is 1. The Morgan fingerprint density at radius 1 is 1.16 bits per heavy atom. The number of carbonyl (C=O) groups excluding carboxylic acids is 2. The fourth-order valence-corrected chi connectivity index (χ4v) is 3.95. The highest BCUT2D eigenvalue weighted by atomic mass is 16.5. The van der Waals surface area contributed by atoms with E-state index in [1.165, 1.54) is 17.6 Å². The SMILES string of the molecule is COC(=O)N1CCCC(=O)C1COC1CCC(c2ccccc2)CC1. The van der Waals surface area contributed by atoms with E-state index in [2.05, 4.69) is 24.3 Å². The van der Waals surface area contributed by atoms with Gasteiger partial charge in [0.05, 0.1) is 19.8 Å². The van der Waals surface area contributed by atoms with Crippen LogP contribution in [0.25, 0.3) is 0 Å². The van der Waals surface area contributed by atoms with Gasteiger partial charge in [0.1, 0.15) is 6.04 Å². The highest BCUT2D eigenvalue weighted by molar-refractivity contribution is 5.88. The number of carbonyl (C=O) groups is 2. The summed E-state index contributed by atoms with van der Waals surface area (Å²) in [5.74, 6) is 0.679. The normalized spacial score (nSPS) is 27.2. The first-order valence-corrected chi connectivity index (χ1v) is 9.23. The van der Waals surface area contributed by atoms with E-state index >= 15 is 0 Å². The average Bonchev–Trinajstić information content (AvgIpc) is 2.67. The van der Waals surface area contributed by atoms with Crippen LogP contribution in [0, 0.1) is 0 Å². The van der Waals surface area contributed by atoms with E-state index in [0.717, 1.165) is 25.7 Å². The molecule has 3 rings (SSSR count). The van der Waals surface area contributed by atoms with Gasteiger partial charge in [-0.1, -0.05) is 30.3 Å². The van der Waals surface area contributed by atoms with Crippen molar-refractivity contribution in [2.24, 2.45) is 0 Å². The lowest BCUT2D eigenvalue weighted by Crippen LogP contribution is -2.51. The van der Waals surface area contributed by atoms with Crippen LogP contribution in [0.4, 0.5) is 4.79 Å². The molecule has 0 aromatic heterocycles. The molecule has 1 saturated heterocycles. The molecule has 2 aliphatic rings. The van der Waals surface area contributed by atoms with Crippen LogP contribution in [0.5, 0.6) is 0 Å². The summed E-state index contributed by atoms with van der Waals surface area (Å²) in [4.78, 5) is 25.6. The highest BCUT2D eigenvalue weighted by Crippen LogP contribution is 2.34. The van der Waals surface area contributed by atoms with Gasteiger partial charge in [0, 0.05) is 13.0 Å². The van der Waals surface area contributed by atoms with Gasteiger partial charge in [-0.15, -0.1) is 0 Å². The van der Waals surface area contributed by atoms with Crippen molar-refractivity contribution in [1.82, 2.24) is 4.90 Å². The second-order valence-corrected chi connectivity index (χ2v) is 6.97. The van der Waals surface area contributed by atoms with E-state index in [1.54, 1.807) is 0 Å². The summed E-state index contributed by atoms with van der Waals surface area (Å²) in [5.41, 5.74) is 1.40. The number of nitrogens with zero attached hydrogens (tertiary/aromatic N) is 1. The summed E-state index contributed by atoms with van der Waals surface area (Å²) in [6.07, 6.45) is 5.16. The first-order valence-electron chi connectivity index (χ1n) is 9.23. The monoisotopic (exact) mass is 345 g/mol. The Morgan fingerprint density at radius 3 is 2.56 bits per heavy atom. The van der Waals surface area contributed by atoms with Crippen molar-refractivity contribution in [3.8, 4) is 0 Å². The molecular weight excluding hydrogens is 318 g/mol. The van der Waals surface area contributed by atoms with E-state index in [0.29, 0.717) is 25.3 Å². The predicted octanol–water partition coefficient (Wildman–Crippen LogP) is 3.53. The van der Waals surface area contributed by atoms with Gasteiger partial charge in [0.15, 0.2) is 5.78 Å². The van der Waals surface area contributed by atoms with E-state index in [1.807, 2.05) is 6.07 Å². The molecule has 1 saturated carbocycles. The molecule has 1 atom stereocenters. The van der Waals surface area contributed by atoms with Crippen molar-refractivity contribution >= 4 is 11.9 Å². The lowest BCUT2D eigenvalue weighted by molar-refractivity contribution is -0.130. The van der Waals surface area contributed by atoms with Gasteiger partial charge in [0.25, 0.3) is 0 Å². The van der Waals surface area contributed by atoms with Crippen LogP contribution >= 0.6 is 0 Å². The Labute approximate surface area is 149 Å². The zero-order chi connectivity index (χ0) is 17.6. The first kappa shape index (κ1) is 17.9. The number of rotatable bonds is 4. The smallest absolute Gasteiger partial charge is 0.410 e. The molecule has 1 aromatic carbocycles. The molecular formula is C20H27NO4. The molecule has 5 nitrogen and oxygen atoms in total. The van der Waals surface area contributed by atoms with Crippen molar-refractivity contribution in [3.63, 3.8) is 0 Å². The molecule has 1 amide bonds. The third-order valence-electron chi connectivity index (χ3n) is 5.41. The summed E-state index contributed by atoms with van der Waals surface area (Å²) in [6, 6.07) is 10.1. The van der Waals surface area contributed by atoms with Gasteiger partial charge in [0.2, 0.25) is 0 Å². The van der Waals surface area contributed by atoms with Crippen LogP contribution in [0.2, 0.25) is 0 Å². The number of ketones is 1. The topological polar surface area (TPSA) is 55.8 Å². The standard InChI is InChI=1S/C20H27NO4/c1-24-20(23)21-13-5-8-19(22)18(21)14-25-17-11-9-16(10-12-17)15-6-3-2-4-7-15/h2-4,6-7,16-18H,5,8-14H2,1H3. The van der Waals surface area contributed by atoms with Crippen LogP contribution in [0.3, 0.4) is 0 Å². The van der Waals surface area contributed by atoms with Gasteiger partial charge in [-0.25, -0.2) is 4.79 Å². The summed E-state index contributed by atoms with van der Waals surface area (Å²) < 4.78 is 10.8. The molecule has 0 N–H and O–H groups in total. The number of hydrogen-bond donors (Lipinski definition) is 0. The number of likely N-dealkylation sites (tertiary alicyclic amines) is 1. The van der Waals surface area contributed by atoms with Crippen LogP contribution in [0.15, 0.2) is 30.3 Å². The lowest BCUT2D eigenvalue weighted by Gasteiger charge is -2.35. The van der Waals surface area contributed by atoms with Crippen molar-refractivity contribution in [1.29, 1.82) is 0 Å². The quantitative estimate of drug-likeness (QED) is 0.838. The van der Waals surface area contributed by atoms with E-state index in [-0.39, 0.29) is 18.5 Å². The van der Waals surface area contributed by atoms with Gasteiger partial charge >= 0.3 is 6.09 Å². The minimum atomic E-state index is -0.493. The fourth-order valence-electron chi connectivity index (χ4n) is 3.95. The van der Waals surface area contributed by atoms with Gasteiger partial charge < -0.3 is 9.47 Å². The number of benzene rings is 1. The van der Waals surface area contributed by atoms with E-state index in [9.17, 15) is 9.59 Å². The Balaban J connectivity index is 1.50. The molecule has 25 heavy (non-hydrogen) atoms. The molecule has 1 aliphatic carbocycles. The third kappa shape index (κ3) is 4.40. The highest BCUT2D eigenvalue weighted by Gasteiger charge is 2.34. The second kappa shape index (κ2) is 8.48. The second-order valence-electron chi connectivity index (χ2n) is 6.97. The maximum Gasteiger partial charge on any atom is 0.410 e. The molecule has 0 radical (unpaired) electrons. The molecule has 5 heteroatoms. The number of ether oxygens (including phenoxy) is 2. The van der Waals surface area contributed by atoms with Crippen LogP contribution < -0.4 is 0 Å². The molecule has 0 bridgehead atoms. The largest absolute Gasteiger partial charge is 0.453 e. The summed E-state index contributed by atoms with van der Waals surface area (Å²) in [5, 5.41) is 0. The molecule has 1 heterocycles. The third-order valence-corrected chi connectivity index (χ3v) is 5.41. The van der Waals surface area contributed by atoms with Gasteiger partial charge in [-0.3, -0.25) is 9.69 Å².